The van der Waals surface area contributed by atoms with Crippen LogP contribution in [0.3, 0.4) is 0 Å². The monoisotopic (exact) mass is 446 g/mol. The van der Waals surface area contributed by atoms with Crippen molar-refractivity contribution in [1.82, 2.24) is 15.5 Å². The summed E-state index contributed by atoms with van der Waals surface area (Å²) in [5, 5.41) is 6.74. The highest BCUT2D eigenvalue weighted by atomic mass is 19.3. The zero-order chi connectivity index (χ0) is 22.8. The molecule has 0 unspecified atom stereocenters. The number of guanidine groups is 1. The summed E-state index contributed by atoms with van der Waals surface area (Å²) in [6, 6.07) is 15.7. The number of nitrogens with one attached hydrogen (secondary N) is 2. The van der Waals surface area contributed by atoms with Crippen LogP contribution in [0.5, 0.6) is 11.5 Å². The zero-order valence-electron chi connectivity index (χ0n) is 18.7. The van der Waals surface area contributed by atoms with Crippen LogP contribution in [-0.4, -0.2) is 50.3 Å². The van der Waals surface area contributed by atoms with Gasteiger partial charge in [0, 0.05) is 43.9 Å². The van der Waals surface area contributed by atoms with Crippen molar-refractivity contribution in [2.75, 3.05) is 26.7 Å². The van der Waals surface area contributed by atoms with E-state index in [0.717, 1.165) is 32.5 Å². The number of rotatable bonds is 9. The molecule has 0 spiro atoms. The molecule has 32 heavy (non-hydrogen) atoms. The van der Waals surface area contributed by atoms with Gasteiger partial charge in [0.2, 0.25) is 0 Å². The van der Waals surface area contributed by atoms with E-state index in [1.165, 1.54) is 18.7 Å². The van der Waals surface area contributed by atoms with Gasteiger partial charge < -0.3 is 20.1 Å². The molecule has 0 aromatic heterocycles. The Morgan fingerprint density at radius 3 is 2.56 bits per heavy atom. The van der Waals surface area contributed by atoms with Gasteiger partial charge in [-0.25, -0.2) is 4.99 Å². The van der Waals surface area contributed by atoms with Crippen molar-refractivity contribution in [1.29, 1.82) is 0 Å². The summed E-state index contributed by atoms with van der Waals surface area (Å²) in [5.74, 6) is 1.21. The first-order valence-electron chi connectivity index (χ1n) is 11.0. The molecule has 1 aliphatic heterocycles. The molecule has 0 bridgehead atoms. The van der Waals surface area contributed by atoms with Gasteiger partial charge >= 0.3 is 6.61 Å². The maximum absolute atomic E-state index is 12.8. The highest BCUT2D eigenvalue weighted by Crippen LogP contribution is 2.27. The predicted octanol–water partition coefficient (Wildman–Crippen LogP) is 4.02. The van der Waals surface area contributed by atoms with Crippen LogP contribution in [-0.2, 0) is 13.1 Å². The molecule has 1 aliphatic rings. The Morgan fingerprint density at radius 2 is 1.91 bits per heavy atom. The minimum absolute atomic E-state index is 0.0770. The summed E-state index contributed by atoms with van der Waals surface area (Å²) in [6.07, 6.45) is 2.03. The summed E-state index contributed by atoms with van der Waals surface area (Å²) in [6.45, 7) is 3.01. The number of aliphatic imine (C=N–C) groups is 1. The van der Waals surface area contributed by atoms with E-state index in [1.54, 1.807) is 12.1 Å². The van der Waals surface area contributed by atoms with Crippen LogP contribution in [0.15, 0.2) is 53.5 Å². The van der Waals surface area contributed by atoms with Gasteiger partial charge in [-0.15, -0.1) is 0 Å². The second-order valence-electron chi connectivity index (χ2n) is 7.73. The number of methoxy groups -OCH3 is 1. The Bertz CT molecular complexity index is 856. The van der Waals surface area contributed by atoms with Gasteiger partial charge in [0.25, 0.3) is 0 Å². The molecule has 174 valence electrons. The van der Waals surface area contributed by atoms with Gasteiger partial charge in [-0.1, -0.05) is 30.3 Å². The molecule has 0 radical (unpaired) electrons. The van der Waals surface area contributed by atoms with Gasteiger partial charge in [-0.2, -0.15) is 8.78 Å². The SMILES string of the molecule is CCNC(=NCc1ccc(OC)cc1OC(F)F)NC1CCN(Cc2ccccc2)CC1. The van der Waals surface area contributed by atoms with Gasteiger partial charge in [0.05, 0.1) is 13.7 Å². The first kappa shape index (κ1) is 23.8. The van der Waals surface area contributed by atoms with E-state index in [4.69, 9.17) is 4.74 Å². The van der Waals surface area contributed by atoms with Crippen molar-refractivity contribution in [2.24, 2.45) is 4.99 Å². The number of nitrogens with zero attached hydrogens (tertiary/aromatic N) is 2. The number of benzene rings is 2. The molecule has 3 rings (SSSR count). The number of likely N-dealkylation sites (tertiary alicyclic amines) is 1. The molecular weight excluding hydrogens is 414 g/mol. The van der Waals surface area contributed by atoms with Crippen LogP contribution in [0, 0.1) is 0 Å². The Morgan fingerprint density at radius 1 is 1.16 bits per heavy atom. The average Bonchev–Trinajstić information content (AvgIpc) is 2.79. The van der Waals surface area contributed by atoms with E-state index in [9.17, 15) is 8.78 Å². The van der Waals surface area contributed by atoms with E-state index in [2.05, 4.69) is 49.5 Å². The fourth-order valence-electron chi connectivity index (χ4n) is 3.75. The molecule has 2 aromatic carbocycles. The Kier molecular flexibility index (Phi) is 9.10. The molecule has 1 heterocycles. The standard InChI is InChI=1S/C24H32F2N4O2/c1-3-27-24(28-16-19-9-10-21(31-2)15-22(19)32-23(25)26)29-20-11-13-30(14-12-20)17-18-7-5-4-6-8-18/h4-10,15,20,23H,3,11-14,16-17H2,1-2H3,(H2,27,28,29). The zero-order valence-corrected chi connectivity index (χ0v) is 18.7. The van der Waals surface area contributed by atoms with E-state index in [-0.39, 0.29) is 12.3 Å². The number of alkyl halides is 2. The van der Waals surface area contributed by atoms with Crippen LogP contribution in [0.25, 0.3) is 0 Å². The molecule has 1 saturated heterocycles. The topological polar surface area (TPSA) is 58.1 Å². The Hall–Kier alpha value is -2.87. The Labute approximate surface area is 188 Å². The normalized spacial score (nSPS) is 15.6. The van der Waals surface area contributed by atoms with Crippen molar-refractivity contribution >= 4 is 5.96 Å². The average molecular weight is 447 g/mol. The van der Waals surface area contributed by atoms with E-state index in [0.29, 0.717) is 29.9 Å². The van der Waals surface area contributed by atoms with Crippen molar-refractivity contribution in [3.63, 3.8) is 0 Å². The lowest BCUT2D eigenvalue weighted by Gasteiger charge is -2.33. The van der Waals surface area contributed by atoms with Crippen molar-refractivity contribution in [3.05, 3.63) is 59.7 Å². The lowest BCUT2D eigenvalue weighted by atomic mass is 10.0. The van der Waals surface area contributed by atoms with Crippen LogP contribution >= 0.6 is 0 Å². The Balaban J connectivity index is 1.57. The summed E-state index contributed by atoms with van der Waals surface area (Å²) in [5.41, 5.74) is 1.90. The number of ether oxygens (including phenoxy) is 2. The fraction of sp³-hybridized carbons (Fsp3) is 0.458. The molecule has 6 nitrogen and oxygen atoms in total. The molecule has 0 atom stereocenters. The van der Waals surface area contributed by atoms with Crippen LogP contribution in [0.4, 0.5) is 8.78 Å². The number of halogens is 2. The summed E-state index contributed by atoms with van der Waals surface area (Å²) >= 11 is 0. The number of piperidine rings is 1. The van der Waals surface area contributed by atoms with Crippen molar-refractivity contribution in [2.45, 2.75) is 45.5 Å². The quantitative estimate of drug-likeness (QED) is 0.450. The van der Waals surface area contributed by atoms with E-state index >= 15 is 0 Å². The second-order valence-corrected chi connectivity index (χ2v) is 7.73. The van der Waals surface area contributed by atoms with E-state index in [1.807, 2.05) is 13.0 Å². The highest BCUT2D eigenvalue weighted by Gasteiger charge is 2.20. The predicted molar refractivity (Wildman–Crippen MR) is 122 cm³/mol. The summed E-state index contributed by atoms with van der Waals surface area (Å²) in [4.78, 5) is 7.06. The fourth-order valence-corrected chi connectivity index (χ4v) is 3.75. The minimum atomic E-state index is -2.91. The maximum atomic E-state index is 12.8. The third-order valence-corrected chi connectivity index (χ3v) is 5.42. The summed E-state index contributed by atoms with van der Waals surface area (Å²) < 4.78 is 35.4. The second kappa shape index (κ2) is 12.2. The molecule has 8 heteroatoms. The van der Waals surface area contributed by atoms with Gasteiger partial charge in [-0.05, 0) is 37.5 Å². The molecule has 0 amide bonds. The van der Waals surface area contributed by atoms with Crippen molar-refractivity contribution < 1.29 is 18.3 Å². The minimum Gasteiger partial charge on any atom is -0.497 e. The maximum Gasteiger partial charge on any atom is 0.387 e. The molecule has 0 saturated carbocycles. The third-order valence-electron chi connectivity index (χ3n) is 5.42. The molecule has 0 aliphatic carbocycles. The summed E-state index contributed by atoms with van der Waals surface area (Å²) in [7, 11) is 1.48. The molecule has 2 aromatic rings. The molecule has 1 fully saturated rings. The highest BCUT2D eigenvalue weighted by molar-refractivity contribution is 5.80. The van der Waals surface area contributed by atoms with Gasteiger partial charge in [-0.3, -0.25) is 4.90 Å². The van der Waals surface area contributed by atoms with E-state index < -0.39 is 6.61 Å². The number of hydrogen-bond donors (Lipinski definition) is 2. The smallest absolute Gasteiger partial charge is 0.387 e. The van der Waals surface area contributed by atoms with Gasteiger partial charge in [0.1, 0.15) is 11.5 Å². The van der Waals surface area contributed by atoms with Crippen LogP contribution < -0.4 is 20.1 Å². The first-order chi connectivity index (χ1) is 15.6. The van der Waals surface area contributed by atoms with Crippen LogP contribution in [0.2, 0.25) is 0 Å². The van der Waals surface area contributed by atoms with Crippen molar-refractivity contribution in [3.8, 4) is 11.5 Å². The third kappa shape index (κ3) is 7.37. The lowest BCUT2D eigenvalue weighted by molar-refractivity contribution is -0.0505. The number of hydrogen-bond acceptors (Lipinski definition) is 4. The lowest BCUT2D eigenvalue weighted by Crippen LogP contribution is -2.48. The largest absolute Gasteiger partial charge is 0.497 e. The van der Waals surface area contributed by atoms with Crippen LogP contribution in [0.1, 0.15) is 30.9 Å². The molecular formula is C24H32F2N4O2. The van der Waals surface area contributed by atoms with Gasteiger partial charge in [0.15, 0.2) is 5.96 Å². The molecule has 2 N–H and O–H groups in total. The first-order valence-corrected chi connectivity index (χ1v) is 11.0.